The molecule has 0 spiro atoms. The number of aryl methyl sites for hydroxylation is 2. The second-order valence-electron chi connectivity index (χ2n) is 7.80. The van der Waals surface area contributed by atoms with Gasteiger partial charge in [0, 0.05) is 38.3 Å². The van der Waals surface area contributed by atoms with E-state index in [2.05, 4.69) is 26.1 Å². The van der Waals surface area contributed by atoms with Crippen LogP contribution in [0.1, 0.15) is 42.3 Å². The van der Waals surface area contributed by atoms with Crippen molar-refractivity contribution in [3.05, 3.63) is 34.9 Å². The van der Waals surface area contributed by atoms with E-state index in [9.17, 15) is 9.59 Å². The number of amides is 3. The molecule has 1 heterocycles. The molecule has 0 radical (unpaired) electrons. The lowest BCUT2D eigenvalue weighted by Crippen LogP contribution is -2.53. The van der Waals surface area contributed by atoms with Gasteiger partial charge in [0.05, 0.1) is 0 Å². The molecule has 1 aliphatic heterocycles. The minimum absolute atomic E-state index is 0.0387. The number of nitrogens with zero attached hydrogens (tertiary/aromatic N) is 2. The highest BCUT2D eigenvalue weighted by molar-refractivity contribution is 5.94. The standard InChI is InChI=1S/C19H29N3O2/c1-14-6-7-16(12-15(14)2)17(23)21-8-10-22(11-9-21)18(24)20-13-19(3,4)5/h6-7,12H,8-11,13H2,1-5H3,(H,20,24). The summed E-state index contributed by atoms with van der Waals surface area (Å²) in [7, 11) is 0. The van der Waals surface area contributed by atoms with Gasteiger partial charge >= 0.3 is 6.03 Å². The molecule has 1 aliphatic rings. The molecule has 0 bridgehead atoms. The Morgan fingerprint density at radius 3 is 2.12 bits per heavy atom. The third-order valence-electron chi connectivity index (χ3n) is 4.38. The van der Waals surface area contributed by atoms with E-state index in [1.807, 2.05) is 36.9 Å². The smallest absolute Gasteiger partial charge is 0.317 e. The zero-order chi connectivity index (χ0) is 17.9. The third kappa shape index (κ3) is 4.73. The molecule has 0 aliphatic carbocycles. The molecule has 5 nitrogen and oxygen atoms in total. The zero-order valence-corrected chi connectivity index (χ0v) is 15.5. The van der Waals surface area contributed by atoms with Crippen molar-refractivity contribution in [2.75, 3.05) is 32.7 Å². The van der Waals surface area contributed by atoms with Crippen LogP contribution in [0.5, 0.6) is 0 Å². The maximum atomic E-state index is 12.6. The monoisotopic (exact) mass is 331 g/mol. The molecule has 3 amide bonds. The van der Waals surface area contributed by atoms with Crippen LogP contribution in [-0.4, -0.2) is 54.5 Å². The van der Waals surface area contributed by atoms with Gasteiger partial charge < -0.3 is 15.1 Å². The molecule has 1 aromatic carbocycles. The van der Waals surface area contributed by atoms with Gasteiger partial charge in [-0.3, -0.25) is 4.79 Å². The number of urea groups is 1. The van der Waals surface area contributed by atoms with Gasteiger partial charge in [-0.15, -0.1) is 0 Å². The molecule has 1 aromatic rings. The molecule has 5 heteroatoms. The molecule has 0 aromatic heterocycles. The van der Waals surface area contributed by atoms with Crippen molar-refractivity contribution in [1.82, 2.24) is 15.1 Å². The van der Waals surface area contributed by atoms with Crippen LogP contribution in [0.4, 0.5) is 4.79 Å². The van der Waals surface area contributed by atoms with E-state index >= 15 is 0 Å². The third-order valence-corrected chi connectivity index (χ3v) is 4.38. The molecule has 0 unspecified atom stereocenters. The Bertz CT molecular complexity index is 612. The van der Waals surface area contributed by atoms with E-state index in [1.54, 1.807) is 4.90 Å². The van der Waals surface area contributed by atoms with Gasteiger partial charge in [0.25, 0.3) is 5.91 Å². The van der Waals surface area contributed by atoms with Crippen LogP contribution in [0.15, 0.2) is 18.2 Å². The number of nitrogens with one attached hydrogen (secondary N) is 1. The molecule has 1 N–H and O–H groups in total. The minimum atomic E-state index is -0.0387. The van der Waals surface area contributed by atoms with Crippen LogP contribution in [0.25, 0.3) is 0 Å². The maximum Gasteiger partial charge on any atom is 0.317 e. The van der Waals surface area contributed by atoms with E-state index in [0.29, 0.717) is 32.7 Å². The van der Waals surface area contributed by atoms with E-state index in [1.165, 1.54) is 5.56 Å². The van der Waals surface area contributed by atoms with Crippen molar-refractivity contribution in [2.24, 2.45) is 5.41 Å². The number of carbonyl (C=O) groups excluding carboxylic acids is 2. The van der Waals surface area contributed by atoms with Gasteiger partial charge in [0.2, 0.25) is 0 Å². The topological polar surface area (TPSA) is 52.7 Å². The van der Waals surface area contributed by atoms with Crippen LogP contribution < -0.4 is 5.32 Å². The molecule has 1 fully saturated rings. The fourth-order valence-corrected chi connectivity index (χ4v) is 2.62. The Labute approximate surface area is 145 Å². The Morgan fingerprint density at radius 1 is 1.00 bits per heavy atom. The highest BCUT2D eigenvalue weighted by Crippen LogP contribution is 2.14. The number of rotatable bonds is 2. The summed E-state index contributed by atoms with van der Waals surface area (Å²) < 4.78 is 0. The quantitative estimate of drug-likeness (QED) is 0.906. The van der Waals surface area contributed by atoms with Gasteiger partial charge in [-0.25, -0.2) is 4.79 Å². The Morgan fingerprint density at radius 2 is 1.58 bits per heavy atom. The number of carbonyl (C=O) groups is 2. The summed E-state index contributed by atoms with van der Waals surface area (Å²) in [6, 6.07) is 5.77. The zero-order valence-electron chi connectivity index (χ0n) is 15.5. The SMILES string of the molecule is Cc1ccc(C(=O)N2CCN(C(=O)NCC(C)(C)C)CC2)cc1C. The molecule has 2 rings (SSSR count). The largest absolute Gasteiger partial charge is 0.337 e. The lowest BCUT2D eigenvalue weighted by molar-refractivity contribution is 0.0664. The Kier molecular flexibility index (Phi) is 5.52. The fraction of sp³-hybridized carbons (Fsp3) is 0.579. The van der Waals surface area contributed by atoms with Crippen LogP contribution >= 0.6 is 0 Å². The van der Waals surface area contributed by atoms with Crippen LogP contribution in [0, 0.1) is 19.3 Å². The van der Waals surface area contributed by atoms with Gasteiger partial charge in [0.1, 0.15) is 0 Å². The number of piperazine rings is 1. The Hall–Kier alpha value is -2.04. The highest BCUT2D eigenvalue weighted by atomic mass is 16.2. The molecule has 24 heavy (non-hydrogen) atoms. The summed E-state index contributed by atoms with van der Waals surface area (Å²) in [6.07, 6.45) is 0. The predicted octanol–water partition coefficient (Wildman–Crippen LogP) is 2.82. The minimum Gasteiger partial charge on any atom is -0.337 e. The summed E-state index contributed by atoms with van der Waals surface area (Å²) in [4.78, 5) is 28.4. The molecule has 132 valence electrons. The summed E-state index contributed by atoms with van der Waals surface area (Å²) in [6.45, 7) is 13.3. The van der Waals surface area contributed by atoms with Crippen LogP contribution in [-0.2, 0) is 0 Å². The lowest BCUT2D eigenvalue weighted by atomic mass is 9.97. The highest BCUT2D eigenvalue weighted by Gasteiger charge is 2.25. The van der Waals surface area contributed by atoms with Gasteiger partial charge in [-0.05, 0) is 42.5 Å². The number of benzene rings is 1. The fourth-order valence-electron chi connectivity index (χ4n) is 2.62. The van der Waals surface area contributed by atoms with Crippen molar-refractivity contribution in [3.63, 3.8) is 0 Å². The number of hydrogen-bond donors (Lipinski definition) is 1. The van der Waals surface area contributed by atoms with Crippen LogP contribution in [0.3, 0.4) is 0 Å². The van der Waals surface area contributed by atoms with Gasteiger partial charge in [-0.2, -0.15) is 0 Å². The maximum absolute atomic E-state index is 12.6. The average Bonchev–Trinajstić information content (AvgIpc) is 2.54. The van der Waals surface area contributed by atoms with Crippen molar-refractivity contribution >= 4 is 11.9 Å². The van der Waals surface area contributed by atoms with Crippen molar-refractivity contribution in [3.8, 4) is 0 Å². The molecule has 0 saturated carbocycles. The normalized spacial score (nSPS) is 15.4. The summed E-state index contributed by atoms with van der Waals surface area (Å²) in [5.74, 6) is 0.0489. The average molecular weight is 331 g/mol. The first-order valence-electron chi connectivity index (χ1n) is 8.57. The first-order chi connectivity index (χ1) is 11.2. The Balaban J connectivity index is 1.89. The summed E-state index contributed by atoms with van der Waals surface area (Å²) in [5.41, 5.74) is 3.10. The predicted molar refractivity (Wildman–Crippen MR) is 96.2 cm³/mol. The van der Waals surface area contributed by atoms with E-state index in [4.69, 9.17) is 0 Å². The lowest BCUT2D eigenvalue weighted by Gasteiger charge is -2.35. The second kappa shape index (κ2) is 7.24. The van der Waals surface area contributed by atoms with Gasteiger partial charge in [-0.1, -0.05) is 26.8 Å². The van der Waals surface area contributed by atoms with E-state index in [-0.39, 0.29) is 17.4 Å². The van der Waals surface area contributed by atoms with E-state index in [0.717, 1.165) is 11.1 Å². The molecular weight excluding hydrogens is 302 g/mol. The van der Waals surface area contributed by atoms with Crippen molar-refractivity contribution in [1.29, 1.82) is 0 Å². The van der Waals surface area contributed by atoms with Gasteiger partial charge in [0.15, 0.2) is 0 Å². The first kappa shape index (κ1) is 18.3. The van der Waals surface area contributed by atoms with E-state index < -0.39 is 0 Å². The number of hydrogen-bond acceptors (Lipinski definition) is 2. The molecule has 1 saturated heterocycles. The second-order valence-corrected chi connectivity index (χ2v) is 7.80. The summed E-state index contributed by atoms with van der Waals surface area (Å²) in [5, 5.41) is 2.97. The van der Waals surface area contributed by atoms with Crippen molar-refractivity contribution in [2.45, 2.75) is 34.6 Å². The van der Waals surface area contributed by atoms with Crippen molar-refractivity contribution < 1.29 is 9.59 Å². The molecule has 0 atom stereocenters. The summed E-state index contributed by atoms with van der Waals surface area (Å²) >= 11 is 0. The van der Waals surface area contributed by atoms with Crippen LogP contribution in [0.2, 0.25) is 0 Å². The first-order valence-corrected chi connectivity index (χ1v) is 8.57. The molecular formula is C19H29N3O2.